The molecule has 0 saturated carbocycles. The number of nitrogens with zero attached hydrogens (tertiary/aromatic N) is 2. The number of hydrogen-bond acceptors (Lipinski definition) is 5. The Labute approximate surface area is 174 Å². The van der Waals surface area contributed by atoms with Gasteiger partial charge in [-0.15, -0.1) is 0 Å². The maximum atomic E-state index is 13.1. The number of anilines is 1. The highest BCUT2D eigenvalue weighted by Gasteiger charge is 2.33. The third kappa shape index (κ3) is 4.25. The van der Waals surface area contributed by atoms with Gasteiger partial charge in [-0.25, -0.2) is 4.79 Å². The van der Waals surface area contributed by atoms with E-state index >= 15 is 0 Å². The van der Waals surface area contributed by atoms with Gasteiger partial charge in [0.05, 0.1) is 13.1 Å². The molecule has 2 aliphatic rings. The van der Waals surface area contributed by atoms with Crippen molar-refractivity contribution in [3.8, 4) is 0 Å². The Morgan fingerprint density at radius 2 is 2.03 bits per heavy atom. The molecule has 154 valence electrons. The number of ether oxygens (including phenoxy) is 1. The number of rotatable bonds is 4. The van der Waals surface area contributed by atoms with E-state index in [9.17, 15) is 14.4 Å². The van der Waals surface area contributed by atoms with Crippen molar-refractivity contribution < 1.29 is 19.1 Å². The summed E-state index contributed by atoms with van der Waals surface area (Å²) in [5.74, 6) is -0.137. The summed E-state index contributed by atoms with van der Waals surface area (Å²) < 4.78 is 5.34. The molecule has 2 heterocycles. The summed E-state index contributed by atoms with van der Waals surface area (Å²) in [5.41, 5.74) is 4.06. The van der Waals surface area contributed by atoms with Crippen LogP contribution in [0.3, 0.4) is 0 Å². The lowest BCUT2D eigenvalue weighted by molar-refractivity contribution is -0.119. The maximum Gasteiger partial charge on any atom is 0.414 e. The van der Waals surface area contributed by atoms with Crippen LogP contribution >= 0.6 is 0 Å². The van der Waals surface area contributed by atoms with Crippen LogP contribution in [0.15, 0.2) is 48.3 Å². The topological polar surface area (TPSA) is 88.6 Å². The van der Waals surface area contributed by atoms with Crippen LogP contribution in [0.25, 0.3) is 6.08 Å². The Morgan fingerprint density at radius 3 is 2.80 bits per heavy atom. The van der Waals surface area contributed by atoms with E-state index in [0.29, 0.717) is 24.2 Å². The van der Waals surface area contributed by atoms with E-state index in [-0.39, 0.29) is 18.2 Å². The Kier molecular flexibility index (Phi) is 5.61. The number of cyclic esters (lactones) is 1. The molecule has 30 heavy (non-hydrogen) atoms. The predicted octanol–water partition coefficient (Wildman–Crippen LogP) is 3.15. The van der Waals surface area contributed by atoms with Gasteiger partial charge >= 0.3 is 6.09 Å². The van der Waals surface area contributed by atoms with Crippen molar-refractivity contribution in [2.24, 2.45) is 0 Å². The van der Waals surface area contributed by atoms with Gasteiger partial charge < -0.3 is 10.1 Å². The van der Waals surface area contributed by atoms with Crippen molar-refractivity contribution >= 4 is 29.5 Å². The van der Waals surface area contributed by atoms with E-state index in [4.69, 9.17) is 4.74 Å². The highest BCUT2D eigenvalue weighted by Crippen LogP contribution is 2.30. The molecule has 1 atom stereocenters. The van der Waals surface area contributed by atoms with Crippen molar-refractivity contribution in [2.45, 2.75) is 32.3 Å². The van der Waals surface area contributed by atoms with Crippen LogP contribution < -0.4 is 10.2 Å². The molecular formula is C23H23N3O4. The second kappa shape index (κ2) is 8.49. The molecule has 0 bridgehead atoms. The summed E-state index contributed by atoms with van der Waals surface area (Å²) >= 11 is 0. The SMILES string of the molecule is CC(=O)NC[C@H]1CN(c2ccc3c(c2)CCC/C(=C/c2ccncc2)C3=O)C(=O)O1. The van der Waals surface area contributed by atoms with Crippen LogP contribution in [0.5, 0.6) is 0 Å². The molecule has 1 fully saturated rings. The van der Waals surface area contributed by atoms with Gasteiger partial charge in [0.25, 0.3) is 0 Å². The zero-order valence-corrected chi connectivity index (χ0v) is 16.8. The monoisotopic (exact) mass is 405 g/mol. The molecular weight excluding hydrogens is 382 g/mol. The standard InChI is InChI=1S/C23H23N3O4/c1-15(27)25-13-20-14-26(23(29)30-20)19-5-6-21-17(12-19)3-2-4-18(22(21)28)11-16-7-9-24-10-8-16/h5-12,20H,2-4,13-14H2,1H3,(H,25,27)/b18-11-/t20-/m0/s1. The molecule has 1 aliphatic carbocycles. The molecule has 2 amide bonds. The van der Waals surface area contributed by atoms with Crippen LogP contribution in [-0.4, -0.2) is 42.0 Å². The minimum absolute atomic E-state index is 0.0263. The normalized spacial score (nSPS) is 20.0. The van der Waals surface area contributed by atoms with Crippen molar-refractivity contribution in [2.75, 3.05) is 18.0 Å². The smallest absolute Gasteiger partial charge is 0.414 e. The average molecular weight is 405 g/mol. The summed E-state index contributed by atoms with van der Waals surface area (Å²) in [5, 5.41) is 2.67. The summed E-state index contributed by atoms with van der Waals surface area (Å²) in [4.78, 5) is 42.1. The zero-order valence-electron chi connectivity index (χ0n) is 16.8. The molecule has 1 aromatic heterocycles. The van der Waals surface area contributed by atoms with E-state index < -0.39 is 12.2 Å². The molecule has 1 aromatic carbocycles. The number of aromatic nitrogens is 1. The highest BCUT2D eigenvalue weighted by molar-refractivity contribution is 6.12. The molecule has 0 radical (unpaired) electrons. The van der Waals surface area contributed by atoms with Crippen molar-refractivity contribution in [3.63, 3.8) is 0 Å². The van der Waals surface area contributed by atoms with Crippen LogP contribution in [0.1, 0.15) is 41.3 Å². The van der Waals surface area contributed by atoms with Crippen LogP contribution in [0.2, 0.25) is 0 Å². The number of amides is 2. The van der Waals surface area contributed by atoms with E-state index in [1.54, 1.807) is 29.4 Å². The first-order valence-corrected chi connectivity index (χ1v) is 10.0. The van der Waals surface area contributed by atoms with Crippen molar-refractivity contribution in [3.05, 3.63) is 65.0 Å². The minimum Gasteiger partial charge on any atom is -0.442 e. The lowest BCUT2D eigenvalue weighted by Crippen LogP contribution is -2.33. The van der Waals surface area contributed by atoms with Gasteiger partial charge in [0, 0.05) is 36.1 Å². The summed E-state index contributed by atoms with van der Waals surface area (Å²) in [6.45, 7) is 2.07. The number of ketones is 1. The average Bonchev–Trinajstić information content (AvgIpc) is 3.04. The lowest BCUT2D eigenvalue weighted by atomic mass is 9.98. The Hall–Kier alpha value is -3.48. The molecule has 7 heteroatoms. The Bertz CT molecular complexity index is 1020. The van der Waals surface area contributed by atoms with E-state index in [2.05, 4.69) is 10.3 Å². The fraction of sp³-hybridized carbons (Fsp3) is 0.304. The zero-order chi connectivity index (χ0) is 21.1. The van der Waals surface area contributed by atoms with Gasteiger partial charge in [-0.05, 0) is 66.8 Å². The number of carbonyl (C=O) groups is 3. The molecule has 0 unspecified atom stereocenters. The van der Waals surface area contributed by atoms with Gasteiger partial charge in [-0.1, -0.05) is 0 Å². The molecule has 0 spiro atoms. The minimum atomic E-state index is -0.441. The number of benzene rings is 1. The maximum absolute atomic E-state index is 13.1. The number of nitrogens with one attached hydrogen (secondary N) is 1. The van der Waals surface area contributed by atoms with E-state index in [1.165, 1.54) is 6.92 Å². The quantitative estimate of drug-likeness (QED) is 0.624. The number of fused-ring (bicyclic) bond motifs is 1. The van der Waals surface area contributed by atoms with Crippen molar-refractivity contribution in [1.29, 1.82) is 0 Å². The fourth-order valence-corrected chi connectivity index (χ4v) is 3.83. The Balaban J connectivity index is 1.55. The molecule has 4 rings (SSSR count). The first kappa shape index (κ1) is 19.8. The van der Waals surface area contributed by atoms with Gasteiger partial charge in [-0.2, -0.15) is 0 Å². The van der Waals surface area contributed by atoms with Crippen LogP contribution in [0.4, 0.5) is 10.5 Å². The van der Waals surface area contributed by atoms with Crippen LogP contribution in [0, 0.1) is 0 Å². The number of Topliss-reactive ketones (excluding diaryl/α,β-unsaturated/α-hetero) is 1. The molecule has 1 saturated heterocycles. The predicted molar refractivity (Wildman–Crippen MR) is 112 cm³/mol. The number of aryl methyl sites for hydroxylation is 1. The summed E-state index contributed by atoms with van der Waals surface area (Å²) in [6, 6.07) is 9.25. The first-order valence-electron chi connectivity index (χ1n) is 10.0. The van der Waals surface area contributed by atoms with Gasteiger partial charge in [0.15, 0.2) is 5.78 Å². The Morgan fingerprint density at radius 1 is 1.23 bits per heavy atom. The fourth-order valence-electron chi connectivity index (χ4n) is 3.83. The van der Waals surface area contributed by atoms with E-state index in [0.717, 1.165) is 29.5 Å². The summed E-state index contributed by atoms with van der Waals surface area (Å²) in [7, 11) is 0. The third-order valence-corrected chi connectivity index (χ3v) is 5.33. The van der Waals surface area contributed by atoms with Gasteiger partial charge in [-0.3, -0.25) is 19.5 Å². The molecule has 2 aromatic rings. The molecule has 1 N–H and O–H groups in total. The number of pyridine rings is 1. The largest absolute Gasteiger partial charge is 0.442 e. The second-order valence-electron chi connectivity index (χ2n) is 7.53. The lowest BCUT2D eigenvalue weighted by Gasteiger charge is -2.15. The van der Waals surface area contributed by atoms with Gasteiger partial charge in [0.2, 0.25) is 5.91 Å². The second-order valence-corrected chi connectivity index (χ2v) is 7.53. The van der Waals surface area contributed by atoms with Crippen molar-refractivity contribution in [1.82, 2.24) is 10.3 Å². The summed E-state index contributed by atoms with van der Waals surface area (Å²) in [6.07, 6.45) is 6.84. The molecule has 7 nitrogen and oxygen atoms in total. The third-order valence-electron chi connectivity index (χ3n) is 5.33. The highest BCUT2D eigenvalue weighted by atomic mass is 16.6. The first-order chi connectivity index (χ1) is 14.5. The number of carbonyl (C=O) groups excluding carboxylic acids is 3. The number of hydrogen-bond donors (Lipinski definition) is 1. The van der Waals surface area contributed by atoms with Gasteiger partial charge in [0.1, 0.15) is 6.10 Å². The molecule has 1 aliphatic heterocycles. The van der Waals surface area contributed by atoms with Crippen LogP contribution in [-0.2, 0) is 16.0 Å². The van der Waals surface area contributed by atoms with E-state index in [1.807, 2.05) is 24.3 Å². The number of allylic oxidation sites excluding steroid dienone is 1.